The molecule has 0 spiro atoms. The summed E-state index contributed by atoms with van der Waals surface area (Å²) >= 11 is 4.76. The maximum absolute atomic E-state index is 9.78. The first-order valence-electron chi connectivity index (χ1n) is 4.71. The fraction of sp³-hybridized carbons (Fsp3) is 0.875. The van der Waals surface area contributed by atoms with E-state index in [2.05, 4.69) is 5.32 Å². The highest BCUT2D eigenvalue weighted by Crippen LogP contribution is 2.28. The number of aliphatic hydroxyl groups is 3. The summed E-state index contributed by atoms with van der Waals surface area (Å²) in [5.41, 5.74) is 0. The van der Waals surface area contributed by atoms with E-state index in [0.29, 0.717) is 0 Å². The monoisotopic (exact) mass is 235 g/mol. The van der Waals surface area contributed by atoms with Crippen LogP contribution in [0.1, 0.15) is 6.42 Å². The van der Waals surface area contributed by atoms with Crippen LogP contribution in [0.4, 0.5) is 0 Å². The third-order valence-corrected chi connectivity index (χ3v) is 2.77. The molecule has 6 nitrogen and oxygen atoms in total. The lowest BCUT2D eigenvalue weighted by Gasteiger charge is -2.18. The molecule has 4 N–H and O–H groups in total. The van der Waals surface area contributed by atoms with Crippen LogP contribution in [0.5, 0.6) is 0 Å². The maximum atomic E-state index is 9.78. The van der Waals surface area contributed by atoms with Crippen molar-refractivity contribution < 1.29 is 24.8 Å². The highest BCUT2D eigenvalue weighted by atomic mass is 32.1. The van der Waals surface area contributed by atoms with E-state index in [1.54, 1.807) is 0 Å². The van der Waals surface area contributed by atoms with E-state index in [-0.39, 0.29) is 18.2 Å². The van der Waals surface area contributed by atoms with Crippen LogP contribution in [0, 0.1) is 0 Å². The SMILES string of the molecule is OCC(O)CC1OC2NC(=S)OC2C1O. The normalized spacial score (nSPS) is 40.9. The molecular formula is C8H13NO5S. The highest BCUT2D eigenvalue weighted by Gasteiger charge is 2.50. The van der Waals surface area contributed by atoms with Gasteiger partial charge in [-0.25, -0.2) is 0 Å². The van der Waals surface area contributed by atoms with E-state index in [1.165, 1.54) is 0 Å². The van der Waals surface area contributed by atoms with E-state index in [1.807, 2.05) is 0 Å². The van der Waals surface area contributed by atoms with E-state index >= 15 is 0 Å². The van der Waals surface area contributed by atoms with E-state index in [4.69, 9.17) is 26.8 Å². The number of rotatable bonds is 3. The Morgan fingerprint density at radius 3 is 2.87 bits per heavy atom. The van der Waals surface area contributed by atoms with Crippen LogP contribution in [0.15, 0.2) is 0 Å². The minimum absolute atomic E-state index is 0.169. The lowest BCUT2D eigenvalue weighted by molar-refractivity contribution is -0.0335. The molecule has 0 aromatic carbocycles. The van der Waals surface area contributed by atoms with Crippen LogP contribution in [0.3, 0.4) is 0 Å². The van der Waals surface area contributed by atoms with Gasteiger partial charge in [-0.3, -0.25) is 0 Å². The van der Waals surface area contributed by atoms with Crippen LogP contribution in [0.2, 0.25) is 0 Å². The summed E-state index contributed by atoms with van der Waals surface area (Å²) < 4.78 is 10.5. The second-order valence-electron chi connectivity index (χ2n) is 3.67. The molecule has 2 aliphatic heterocycles. The van der Waals surface area contributed by atoms with Gasteiger partial charge < -0.3 is 30.1 Å². The number of thiocarbonyl (C=S) groups is 1. The molecule has 5 atom stereocenters. The topological polar surface area (TPSA) is 91.2 Å². The number of hydrogen-bond acceptors (Lipinski definition) is 6. The summed E-state index contributed by atoms with van der Waals surface area (Å²) in [6, 6.07) is 0. The van der Waals surface area contributed by atoms with Gasteiger partial charge in [-0.1, -0.05) is 0 Å². The third-order valence-electron chi connectivity index (χ3n) is 2.56. The van der Waals surface area contributed by atoms with Gasteiger partial charge in [0.2, 0.25) is 0 Å². The Balaban J connectivity index is 1.94. The van der Waals surface area contributed by atoms with Crippen molar-refractivity contribution in [2.24, 2.45) is 0 Å². The molecule has 15 heavy (non-hydrogen) atoms. The molecule has 0 aliphatic carbocycles. The molecule has 0 saturated carbocycles. The zero-order valence-corrected chi connectivity index (χ0v) is 8.68. The molecule has 2 saturated heterocycles. The van der Waals surface area contributed by atoms with Crippen molar-refractivity contribution in [1.82, 2.24) is 5.32 Å². The van der Waals surface area contributed by atoms with Crippen LogP contribution in [0.25, 0.3) is 0 Å². The Morgan fingerprint density at radius 1 is 1.53 bits per heavy atom. The van der Waals surface area contributed by atoms with Gasteiger partial charge in [0.1, 0.15) is 6.10 Å². The molecule has 2 heterocycles. The second-order valence-corrected chi connectivity index (χ2v) is 4.04. The highest BCUT2D eigenvalue weighted by molar-refractivity contribution is 7.80. The van der Waals surface area contributed by atoms with Crippen molar-refractivity contribution in [2.75, 3.05) is 6.61 Å². The van der Waals surface area contributed by atoms with Gasteiger partial charge in [-0.15, -0.1) is 0 Å². The molecule has 0 amide bonds. The zero-order valence-electron chi connectivity index (χ0n) is 7.87. The Bertz CT molecular complexity index is 263. The van der Waals surface area contributed by atoms with Gasteiger partial charge in [0, 0.05) is 6.42 Å². The molecular weight excluding hydrogens is 222 g/mol. The molecule has 2 rings (SSSR count). The molecule has 0 aromatic rings. The summed E-state index contributed by atoms with van der Waals surface area (Å²) in [5, 5.41) is 30.6. The Kier molecular flexibility index (Phi) is 3.08. The van der Waals surface area contributed by atoms with Crippen molar-refractivity contribution in [3.05, 3.63) is 0 Å². The average molecular weight is 235 g/mol. The van der Waals surface area contributed by atoms with Gasteiger partial charge in [0.25, 0.3) is 5.17 Å². The van der Waals surface area contributed by atoms with Gasteiger partial charge in [-0.2, -0.15) is 0 Å². The smallest absolute Gasteiger partial charge is 0.259 e. The van der Waals surface area contributed by atoms with Crippen molar-refractivity contribution in [2.45, 2.75) is 37.1 Å². The van der Waals surface area contributed by atoms with Crippen LogP contribution >= 0.6 is 12.2 Å². The lowest BCUT2D eigenvalue weighted by atomic mass is 10.1. The van der Waals surface area contributed by atoms with Gasteiger partial charge in [-0.05, 0) is 12.2 Å². The van der Waals surface area contributed by atoms with Crippen LogP contribution in [-0.4, -0.2) is 57.7 Å². The van der Waals surface area contributed by atoms with Crippen molar-refractivity contribution in [3.63, 3.8) is 0 Å². The van der Waals surface area contributed by atoms with Crippen molar-refractivity contribution >= 4 is 17.4 Å². The number of nitrogens with one attached hydrogen (secondary N) is 1. The summed E-state index contributed by atoms with van der Waals surface area (Å²) in [6.07, 6.45) is -3.09. The molecule has 2 aliphatic rings. The number of fused-ring (bicyclic) bond motifs is 1. The predicted octanol–water partition coefficient (Wildman–Crippen LogP) is -1.91. The molecule has 0 radical (unpaired) electrons. The van der Waals surface area contributed by atoms with Gasteiger partial charge >= 0.3 is 0 Å². The third kappa shape index (κ3) is 2.06. The molecule has 86 valence electrons. The standard InChI is InChI=1S/C8H13NO5S/c10-2-3(11)1-4-5(12)6-7(13-4)9-8(15)14-6/h3-7,10-12H,1-2H2,(H,9,15). The summed E-state index contributed by atoms with van der Waals surface area (Å²) in [6.45, 7) is -0.353. The minimum Gasteiger partial charge on any atom is -0.460 e. The predicted molar refractivity (Wildman–Crippen MR) is 53.0 cm³/mol. The maximum Gasteiger partial charge on any atom is 0.259 e. The molecule has 0 aromatic heterocycles. The van der Waals surface area contributed by atoms with Gasteiger partial charge in [0.15, 0.2) is 12.3 Å². The minimum atomic E-state index is -0.893. The Hall–Kier alpha value is -0.470. The number of aliphatic hydroxyl groups excluding tert-OH is 3. The van der Waals surface area contributed by atoms with E-state index in [9.17, 15) is 10.2 Å². The molecule has 0 bridgehead atoms. The zero-order chi connectivity index (χ0) is 11.0. The Labute approximate surface area is 91.8 Å². The fourth-order valence-corrected chi connectivity index (χ4v) is 2.02. The lowest BCUT2D eigenvalue weighted by Crippen LogP contribution is -2.34. The van der Waals surface area contributed by atoms with Crippen molar-refractivity contribution in [3.8, 4) is 0 Å². The summed E-state index contributed by atoms with van der Waals surface area (Å²) in [7, 11) is 0. The quantitative estimate of drug-likeness (QED) is 0.424. The van der Waals surface area contributed by atoms with E-state index < -0.39 is 30.6 Å². The molecule has 7 heteroatoms. The fourth-order valence-electron chi connectivity index (χ4n) is 1.80. The molecule has 5 unspecified atom stereocenters. The molecule has 2 fully saturated rings. The number of ether oxygens (including phenoxy) is 2. The first kappa shape index (κ1) is 11.0. The summed E-state index contributed by atoms with van der Waals surface area (Å²) in [5.74, 6) is 0. The van der Waals surface area contributed by atoms with E-state index in [0.717, 1.165) is 0 Å². The number of hydrogen-bond donors (Lipinski definition) is 4. The first-order valence-corrected chi connectivity index (χ1v) is 5.12. The largest absolute Gasteiger partial charge is 0.460 e. The first-order chi connectivity index (χ1) is 7.11. The van der Waals surface area contributed by atoms with Crippen LogP contribution in [-0.2, 0) is 9.47 Å². The Morgan fingerprint density at radius 2 is 2.27 bits per heavy atom. The second kappa shape index (κ2) is 4.18. The van der Waals surface area contributed by atoms with Gasteiger partial charge in [0.05, 0.1) is 18.8 Å². The van der Waals surface area contributed by atoms with Crippen LogP contribution < -0.4 is 5.32 Å². The summed E-state index contributed by atoms with van der Waals surface area (Å²) in [4.78, 5) is 0. The van der Waals surface area contributed by atoms with Crippen molar-refractivity contribution in [1.29, 1.82) is 0 Å². The average Bonchev–Trinajstić information content (AvgIpc) is 2.67.